The highest BCUT2D eigenvalue weighted by molar-refractivity contribution is 7.99. The van der Waals surface area contributed by atoms with Gasteiger partial charge in [0.05, 0.1) is 18.9 Å². The lowest BCUT2D eigenvalue weighted by atomic mass is 9.99. The molecule has 6 nitrogen and oxygen atoms in total. The molecule has 0 spiro atoms. The molecule has 4 heterocycles. The van der Waals surface area contributed by atoms with Crippen molar-refractivity contribution in [2.24, 2.45) is 0 Å². The smallest absolute Gasteiger partial charge is 0.250 e. The van der Waals surface area contributed by atoms with Crippen LogP contribution in [0.15, 0.2) is 87.6 Å². The number of anilines is 2. The summed E-state index contributed by atoms with van der Waals surface area (Å²) in [4.78, 5) is 24.4. The monoisotopic (exact) mass is 482 g/mol. The average Bonchev–Trinajstić information content (AvgIpc) is 2.91. The summed E-state index contributed by atoms with van der Waals surface area (Å²) >= 11 is 1.78. The molecule has 0 unspecified atom stereocenters. The third kappa shape index (κ3) is 4.70. The summed E-state index contributed by atoms with van der Waals surface area (Å²) < 4.78 is 5.48. The topological polar surface area (TPSA) is 70.2 Å². The number of fused-ring (bicyclic) bond motifs is 2. The molecular formula is C28H26N4O2S. The Labute approximate surface area is 208 Å². The van der Waals surface area contributed by atoms with Gasteiger partial charge in [-0.3, -0.25) is 9.78 Å². The predicted molar refractivity (Wildman–Crippen MR) is 140 cm³/mol. The van der Waals surface area contributed by atoms with Crippen LogP contribution < -0.4 is 15.8 Å². The Balaban J connectivity index is 1.27. The fourth-order valence-corrected chi connectivity index (χ4v) is 5.86. The van der Waals surface area contributed by atoms with Gasteiger partial charge in [0.2, 0.25) is 5.56 Å². The number of hydrogen-bond donors (Lipinski definition) is 2. The zero-order chi connectivity index (χ0) is 23.6. The molecule has 0 atom stereocenters. The number of hydrogen-bond acceptors (Lipinski definition) is 6. The number of ether oxygens (including phenoxy) is 1. The molecule has 1 saturated heterocycles. The second-order valence-corrected chi connectivity index (χ2v) is 9.87. The number of H-pyrrole nitrogens is 1. The van der Waals surface area contributed by atoms with E-state index < -0.39 is 0 Å². The van der Waals surface area contributed by atoms with E-state index in [0.29, 0.717) is 13.2 Å². The Kier molecular flexibility index (Phi) is 6.02. The molecular weight excluding hydrogens is 456 g/mol. The summed E-state index contributed by atoms with van der Waals surface area (Å²) in [6, 6.07) is 20.8. The summed E-state index contributed by atoms with van der Waals surface area (Å²) in [6.45, 7) is 3.75. The molecule has 2 aromatic heterocycles. The third-order valence-electron chi connectivity index (χ3n) is 6.49. The van der Waals surface area contributed by atoms with Gasteiger partial charge in [0, 0.05) is 64.8 Å². The van der Waals surface area contributed by atoms with Gasteiger partial charge in [-0.1, -0.05) is 30.0 Å². The van der Waals surface area contributed by atoms with Crippen LogP contribution in [0.4, 0.5) is 11.4 Å². The molecule has 0 amide bonds. The normalized spacial score (nSPS) is 14.8. The van der Waals surface area contributed by atoms with E-state index >= 15 is 0 Å². The van der Waals surface area contributed by atoms with Gasteiger partial charge in [-0.05, 0) is 59.5 Å². The second kappa shape index (κ2) is 9.60. The maximum atomic E-state index is 12.6. The Morgan fingerprint density at radius 2 is 1.86 bits per heavy atom. The van der Waals surface area contributed by atoms with Crippen LogP contribution in [0.2, 0.25) is 0 Å². The van der Waals surface area contributed by atoms with Crippen molar-refractivity contribution >= 4 is 23.1 Å². The van der Waals surface area contributed by atoms with Crippen LogP contribution in [0, 0.1) is 0 Å². The fourth-order valence-electron chi connectivity index (χ4n) is 4.68. The lowest BCUT2D eigenvalue weighted by Crippen LogP contribution is -2.36. The molecule has 2 aliphatic heterocycles. The minimum atomic E-state index is -0.0762. The number of aromatic amines is 1. The SMILES string of the molecule is O=c1cc(N2CCOCC2)cc(-c2cccc3c2Sc2ccc(NCc4ccncc4)cc2C3)[nH]1. The molecule has 0 radical (unpaired) electrons. The Bertz CT molecular complexity index is 1410. The molecule has 4 aromatic rings. The van der Waals surface area contributed by atoms with E-state index in [1.54, 1.807) is 17.8 Å². The van der Waals surface area contributed by atoms with Gasteiger partial charge in [-0.25, -0.2) is 0 Å². The molecule has 1 fully saturated rings. The van der Waals surface area contributed by atoms with Crippen molar-refractivity contribution in [1.82, 2.24) is 9.97 Å². The third-order valence-corrected chi connectivity index (χ3v) is 7.80. The Morgan fingerprint density at radius 3 is 2.71 bits per heavy atom. The van der Waals surface area contributed by atoms with Gasteiger partial charge in [-0.2, -0.15) is 0 Å². The van der Waals surface area contributed by atoms with Crippen LogP contribution in [0.5, 0.6) is 0 Å². The van der Waals surface area contributed by atoms with Crippen LogP contribution >= 0.6 is 11.8 Å². The number of nitrogens with one attached hydrogen (secondary N) is 2. The van der Waals surface area contributed by atoms with E-state index in [1.807, 2.05) is 24.5 Å². The summed E-state index contributed by atoms with van der Waals surface area (Å²) in [5.74, 6) is 0. The number of rotatable bonds is 5. The van der Waals surface area contributed by atoms with E-state index in [2.05, 4.69) is 62.6 Å². The van der Waals surface area contributed by atoms with Crippen molar-refractivity contribution in [3.63, 3.8) is 0 Å². The minimum absolute atomic E-state index is 0.0762. The summed E-state index contributed by atoms with van der Waals surface area (Å²) in [7, 11) is 0. The van der Waals surface area contributed by atoms with E-state index in [4.69, 9.17) is 4.74 Å². The van der Waals surface area contributed by atoms with E-state index in [9.17, 15) is 4.79 Å². The highest BCUT2D eigenvalue weighted by atomic mass is 32.2. The first-order chi connectivity index (χ1) is 17.2. The highest BCUT2D eigenvalue weighted by Crippen LogP contribution is 2.45. The molecule has 2 aliphatic rings. The number of aromatic nitrogens is 2. The zero-order valence-electron chi connectivity index (χ0n) is 19.3. The molecule has 0 saturated carbocycles. The molecule has 176 valence electrons. The summed E-state index contributed by atoms with van der Waals surface area (Å²) in [5, 5.41) is 3.53. The van der Waals surface area contributed by atoms with Crippen LogP contribution in [-0.4, -0.2) is 36.3 Å². The zero-order valence-corrected chi connectivity index (χ0v) is 20.1. The van der Waals surface area contributed by atoms with Gasteiger partial charge in [0.25, 0.3) is 0 Å². The van der Waals surface area contributed by atoms with Crippen LogP contribution in [0.1, 0.15) is 16.7 Å². The molecule has 6 rings (SSSR count). The molecule has 0 bridgehead atoms. The maximum absolute atomic E-state index is 12.6. The first kappa shape index (κ1) is 21.9. The number of morpholine rings is 1. The maximum Gasteiger partial charge on any atom is 0.250 e. The number of pyridine rings is 2. The predicted octanol–water partition coefficient (Wildman–Crippen LogP) is 4.94. The summed E-state index contributed by atoms with van der Waals surface area (Å²) in [6.07, 6.45) is 4.50. The number of benzene rings is 2. The number of nitrogens with zero attached hydrogens (tertiary/aromatic N) is 2. The van der Waals surface area contributed by atoms with E-state index in [1.165, 1.54) is 26.5 Å². The minimum Gasteiger partial charge on any atom is -0.381 e. The molecule has 7 heteroatoms. The van der Waals surface area contributed by atoms with Crippen molar-refractivity contribution in [1.29, 1.82) is 0 Å². The first-order valence-corrected chi connectivity index (χ1v) is 12.7. The van der Waals surface area contributed by atoms with Gasteiger partial charge < -0.3 is 19.9 Å². The lowest BCUT2D eigenvalue weighted by molar-refractivity contribution is 0.122. The largest absolute Gasteiger partial charge is 0.381 e. The van der Waals surface area contributed by atoms with Crippen molar-refractivity contribution in [2.45, 2.75) is 22.8 Å². The second-order valence-electron chi connectivity index (χ2n) is 8.82. The average molecular weight is 483 g/mol. The quantitative estimate of drug-likeness (QED) is 0.370. The van der Waals surface area contributed by atoms with Crippen molar-refractivity contribution in [3.8, 4) is 11.3 Å². The molecule has 2 N–H and O–H groups in total. The van der Waals surface area contributed by atoms with Crippen molar-refractivity contribution in [2.75, 3.05) is 36.5 Å². The lowest BCUT2D eigenvalue weighted by Gasteiger charge is -2.29. The molecule has 0 aliphatic carbocycles. The van der Waals surface area contributed by atoms with Crippen LogP contribution in [-0.2, 0) is 17.7 Å². The molecule has 35 heavy (non-hydrogen) atoms. The van der Waals surface area contributed by atoms with E-state index in [-0.39, 0.29) is 5.56 Å². The van der Waals surface area contributed by atoms with Crippen molar-refractivity contribution < 1.29 is 4.74 Å². The van der Waals surface area contributed by atoms with E-state index in [0.717, 1.165) is 48.7 Å². The van der Waals surface area contributed by atoms with Gasteiger partial charge >= 0.3 is 0 Å². The standard InChI is InChI=1S/C28H26N4O2S/c33-27-17-23(32-10-12-34-13-11-32)16-25(31-27)24-3-1-2-20-14-21-15-22(4-5-26(21)35-28(20)24)30-18-19-6-8-29-9-7-19/h1-9,15-17,30H,10-14,18H2,(H,31,33). The van der Waals surface area contributed by atoms with Gasteiger partial charge in [-0.15, -0.1) is 0 Å². The highest BCUT2D eigenvalue weighted by Gasteiger charge is 2.21. The Morgan fingerprint density at radius 1 is 1.00 bits per heavy atom. The summed E-state index contributed by atoms with van der Waals surface area (Å²) in [5.41, 5.74) is 7.73. The van der Waals surface area contributed by atoms with Crippen molar-refractivity contribution in [3.05, 3.63) is 100 Å². The molecule has 2 aromatic carbocycles. The van der Waals surface area contributed by atoms with Gasteiger partial charge in [0.1, 0.15) is 0 Å². The van der Waals surface area contributed by atoms with Gasteiger partial charge in [0.15, 0.2) is 0 Å². The van der Waals surface area contributed by atoms with Crippen LogP contribution in [0.3, 0.4) is 0 Å². The fraction of sp³-hybridized carbons (Fsp3) is 0.214. The first-order valence-electron chi connectivity index (χ1n) is 11.9. The van der Waals surface area contributed by atoms with Crippen LogP contribution in [0.25, 0.3) is 11.3 Å². The Hall–Kier alpha value is -3.55.